The lowest BCUT2D eigenvalue weighted by Gasteiger charge is -2.26. The smallest absolute Gasteiger partial charge is 0.186 e. The van der Waals surface area contributed by atoms with Gasteiger partial charge in [0.05, 0.1) is 27.5 Å². The van der Waals surface area contributed by atoms with Crippen LogP contribution >= 0.6 is 11.3 Å². The molecule has 1 aliphatic rings. The topological polar surface area (TPSA) is 123 Å². The largest absolute Gasteiger partial charge is 0.388 e. The molecule has 0 radical (unpaired) electrons. The molecule has 1 aromatic carbocycles. The Hall–Kier alpha value is -2.25. The number of hydrogen-bond acceptors (Lipinski definition) is 7. The fourth-order valence-corrected chi connectivity index (χ4v) is 4.08. The standard InChI is InChI=1S/C17H15N3O4S2/c1-9(21)16-6-10(8-18)17(25-16)20-19-14-4-5-15(22)12-3-2-11(26(23)24)7-13(12)14/h2-3,6-7,14-15,22H,4-5H2,1H3,(H,23,24). The Kier molecular flexibility index (Phi) is 5.38. The lowest BCUT2D eigenvalue weighted by atomic mass is 9.86. The van der Waals surface area contributed by atoms with E-state index in [1.807, 2.05) is 6.07 Å². The predicted molar refractivity (Wildman–Crippen MR) is 96.0 cm³/mol. The highest BCUT2D eigenvalue weighted by Gasteiger charge is 2.27. The number of nitriles is 1. The van der Waals surface area contributed by atoms with Gasteiger partial charge in [0.2, 0.25) is 0 Å². The summed E-state index contributed by atoms with van der Waals surface area (Å²) in [4.78, 5) is 12.1. The minimum Gasteiger partial charge on any atom is -0.388 e. The van der Waals surface area contributed by atoms with Crippen molar-refractivity contribution in [1.29, 1.82) is 5.26 Å². The van der Waals surface area contributed by atoms with Crippen LogP contribution in [0, 0.1) is 11.3 Å². The number of fused-ring (bicyclic) bond motifs is 1. The van der Waals surface area contributed by atoms with Crippen LogP contribution in [0.25, 0.3) is 0 Å². The van der Waals surface area contributed by atoms with Gasteiger partial charge < -0.3 is 9.66 Å². The number of aliphatic hydroxyl groups excluding tert-OH is 1. The molecule has 0 bridgehead atoms. The van der Waals surface area contributed by atoms with Crippen molar-refractivity contribution >= 4 is 33.2 Å². The van der Waals surface area contributed by atoms with E-state index in [1.54, 1.807) is 12.1 Å². The number of ketones is 1. The number of aliphatic hydroxyl groups is 1. The summed E-state index contributed by atoms with van der Waals surface area (Å²) in [7, 11) is 0. The molecule has 1 aliphatic carbocycles. The molecule has 3 atom stereocenters. The molecule has 7 nitrogen and oxygen atoms in total. The molecule has 1 aromatic heterocycles. The van der Waals surface area contributed by atoms with Gasteiger partial charge in [-0.25, -0.2) is 4.21 Å². The van der Waals surface area contributed by atoms with Crippen LogP contribution < -0.4 is 0 Å². The van der Waals surface area contributed by atoms with Gasteiger partial charge in [0, 0.05) is 0 Å². The van der Waals surface area contributed by atoms with Crippen LogP contribution in [0.2, 0.25) is 0 Å². The van der Waals surface area contributed by atoms with Crippen molar-refractivity contribution in [1.82, 2.24) is 0 Å². The molecule has 0 spiro atoms. The minimum atomic E-state index is -2.13. The number of azo groups is 1. The molecule has 2 N–H and O–H groups in total. The molecule has 26 heavy (non-hydrogen) atoms. The number of thiophene rings is 1. The van der Waals surface area contributed by atoms with Crippen molar-refractivity contribution in [3.63, 3.8) is 0 Å². The van der Waals surface area contributed by atoms with Crippen LogP contribution in [0.1, 0.15) is 58.3 Å². The molecule has 0 saturated heterocycles. The molecule has 0 amide bonds. The normalized spacial score (nSPS) is 20.5. The summed E-state index contributed by atoms with van der Waals surface area (Å²) in [6.07, 6.45) is 0.358. The average Bonchev–Trinajstić information content (AvgIpc) is 3.04. The monoisotopic (exact) mass is 389 g/mol. The highest BCUT2D eigenvalue weighted by Crippen LogP contribution is 2.40. The summed E-state index contributed by atoms with van der Waals surface area (Å²) in [5.74, 6) is -0.144. The molecule has 9 heteroatoms. The number of carbonyl (C=O) groups excluding carboxylic acids is 1. The van der Waals surface area contributed by atoms with Gasteiger partial charge in [-0.2, -0.15) is 10.4 Å². The van der Waals surface area contributed by atoms with E-state index in [0.717, 1.165) is 11.3 Å². The lowest BCUT2D eigenvalue weighted by Crippen LogP contribution is -2.13. The number of benzene rings is 1. The van der Waals surface area contributed by atoms with Crippen LogP contribution in [-0.2, 0) is 11.1 Å². The van der Waals surface area contributed by atoms with Crippen molar-refractivity contribution in [3.8, 4) is 6.07 Å². The van der Waals surface area contributed by atoms with E-state index in [4.69, 9.17) is 0 Å². The summed E-state index contributed by atoms with van der Waals surface area (Å²) in [6.45, 7) is 1.42. The van der Waals surface area contributed by atoms with Gasteiger partial charge in [0.25, 0.3) is 0 Å². The number of hydrogen-bond donors (Lipinski definition) is 2. The molecule has 2 aromatic rings. The third kappa shape index (κ3) is 3.64. The van der Waals surface area contributed by atoms with Gasteiger partial charge in [-0.1, -0.05) is 6.07 Å². The molecule has 0 aliphatic heterocycles. The zero-order valence-electron chi connectivity index (χ0n) is 13.7. The summed E-state index contributed by atoms with van der Waals surface area (Å²) in [5, 5.41) is 28.1. The van der Waals surface area contributed by atoms with Crippen LogP contribution in [0.3, 0.4) is 0 Å². The second kappa shape index (κ2) is 7.55. The number of rotatable bonds is 4. The van der Waals surface area contributed by atoms with Crippen molar-refractivity contribution in [2.24, 2.45) is 10.2 Å². The fraction of sp³-hybridized carbons (Fsp3) is 0.294. The van der Waals surface area contributed by atoms with Crippen molar-refractivity contribution in [3.05, 3.63) is 45.8 Å². The highest BCUT2D eigenvalue weighted by molar-refractivity contribution is 7.79. The number of Topliss-reactive ketones (excluding diaryl/α,β-unsaturated/α-hetero) is 1. The first kappa shape index (κ1) is 18.5. The van der Waals surface area contributed by atoms with Crippen molar-refractivity contribution in [2.45, 2.75) is 36.8 Å². The van der Waals surface area contributed by atoms with Crippen molar-refractivity contribution < 1.29 is 18.7 Å². The third-order valence-electron chi connectivity index (χ3n) is 4.16. The van der Waals surface area contributed by atoms with Gasteiger partial charge in [-0.15, -0.1) is 16.5 Å². The van der Waals surface area contributed by atoms with E-state index in [0.29, 0.717) is 33.8 Å². The van der Waals surface area contributed by atoms with Crippen molar-refractivity contribution in [2.75, 3.05) is 0 Å². The van der Waals surface area contributed by atoms with Crippen LogP contribution in [0.5, 0.6) is 0 Å². The van der Waals surface area contributed by atoms with Gasteiger partial charge in [-0.05, 0) is 49.1 Å². The van der Waals surface area contributed by atoms with Gasteiger partial charge in [-0.3, -0.25) is 4.79 Å². The molecular weight excluding hydrogens is 374 g/mol. The third-order valence-corrected chi connectivity index (χ3v) is 5.94. The minimum absolute atomic E-state index is 0.144. The molecule has 3 unspecified atom stereocenters. The molecule has 134 valence electrons. The summed E-state index contributed by atoms with van der Waals surface area (Å²) >= 11 is -1.03. The first-order chi connectivity index (χ1) is 12.4. The summed E-state index contributed by atoms with van der Waals surface area (Å²) < 4.78 is 20.6. The van der Waals surface area contributed by atoms with Crippen LogP contribution in [-0.4, -0.2) is 19.7 Å². The van der Waals surface area contributed by atoms with E-state index in [2.05, 4.69) is 10.2 Å². The van der Waals surface area contributed by atoms with Crippen LogP contribution in [0.4, 0.5) is 5.00 Å². The molecule has 1 heterocycles. The molecule has 0 fully saturated rings. The second-order valence-corrected chi connectivity index (χ2v) is 7.86. The number of nitrogens with zero attached hydrogens (tertiary/aromatic N) is 3. The first-order valence-corrected chi connectivity index (χ1v) is 9.71. The Balaban J connectivity index is 1.97. The fourth-order valence-electron chi connectivity index (χ4n) is 2.83. The zero-order valence-corrected chi connectivity index (χ0v) is 15.4. The number of carbonyl (C=O) groups is 1. The molecule has 0 saturated carbocycles. The first-order valence-electron chi connectivity index (χ1n) is 7.79. The van der Waals surface area contributed by atoms with E-state index in [9.17, 15) is 23.9 Å². The maximum absolute atomic E-state index is 11.5. The Morgan fingerprint density at radius 1 is 1.35 bits per heavy atom. The maximum atomic E-state index is 11.5. The zero-order chi connectivity index (χ0) is 18.8. The Morgan fingerprint density at radius 3 is 2.77 bits per heavy atom. The van der Waals surface area contributed by atoms with E-state index in [1.165, 1.54) is 19.1 Å². The van der Waals surface area contributed by atoms with E-state index < -0.39 is 23.2 Å². The predicted octanol–water partition coefficient (Wildman–Crippen LogP) is 4.06. The van der Waals surface area contributed by atoms with Gasteiger partial charge in [0.15, 0.2) is 21.9 Å². The summed E-state index contributed by atoms with van der Waals surface area (Å²) in [5.41, 5.74) is 1.59. The second-order valence-electron chi connectivity index (χ2n) is 5.86. The molecule has 3 rings (SSSR count). The lowest BCUT2D eigenvalue weighted by molar-refractivity contribution is 0.102. The summed E-state index contributed by atoms with van der Waals surface area (Å²) in [6, 6.07) is 7.78. The highest BCUT2D eigenvalue weighted by atomic mass is 32.2. The Labute approximate surface area is 156 Å². The SMILES string of the molecule is CC(=O)c1cc(C#N)c(N=NC2CCC(O)c3ccc(S(=O)O)cc32)s1. The molecular formula is C17H15N3O4S2. The van der Waals surface area contributed by atoms with Crippen LogP contribution in [0.15, 0.2) is 39.4 Å². The average molecular weight is 389 g/mol. The van der Waals surface area contributed by atoms with E-state index in [-0.39, 0.29) is 16.2 Å². The maximum Gasteiger partial charge on any atom is 0.186 e. The van der Waals surface area contributed by atoms with E-state index >= 15 is 0 Å². The quantitative estimate of drug-likeness (QED) is 0.464. The Morgan fingerprint density at radius 2 is 2.12 bits per heavy atom. The Bertz CT molecular complexity index is 961. The van der Waals surface area contributed by atoms with Gasteiger partial charge in [0.1, 0.15) is 6.07 Å². The van der Waals surface area contributed by atoms with Gasteiger partial charge >= 0.3 is 0 Å².